The van der Waals surface area contributed by atoms with Crippen molar-refractivity contribution in [2.24, 2.45) is 23.5 Å². The lowest BCUT2D eigenvalue weighted by Gasteiger charge is -2.33. The van der Waals surface area contributed by atoms with Gasteiger partial charge in [0.05, 0.1) is 6.04 Å². The van der Waals surface area contributed by atoms with E-state index in [2.05, 4.69) is 16.0 Å². The minimum atomic E-state index is -1.11. The lowest BCUT2D eigenvalue weighted by atomic mass is 9.96. The molecule has 0 saturated heterocycles. The number of hydrogen-bond donors (Lipinski definition) is 5. The smallest absolute Gasteiger partial charge is 0.326 e. The van der Waals surface area contributed by atoms with Gasteiger partial charge in [-0.1, -0.05) is 48.0 Å². The third-order valence-electron chi connectivity index (χ3n) is 5.95. The molecule has 0 saturated carbocycles. The Hall–Kier alpha value is -2.69. The van der Waals surface area contributed by atoms with E-state index in [1.165, 1.54) is 18.9 Å². The maximum atomic E-state index is 12.9. The second-order valence-corrected chi connectivity index (χ2v) is 9.91. The van der Waals surface area contributed by atoms with Crippen LogP contribution in [0.15, 0.2) is 0 Å². The first-order valence-corrected chi connectivity index (χ1v) is 12.3. The van der Waals surface area contributed by atoms with E-state index < -0.39 is 47.9 Å². The fraction of sp³-hybridized carbons (Fsp3) is 0.792. The van der Waals surface area contributed by atoms with Crippen molar-refractivity contribution in [3.8, 4) is 0 Å². The highest BCUT2D eigenvalue weighted by Gasteiger charge is 2.34. The van der Waals surface area contributed by atoms with Crippen LogP contribution in [0.1, 0.15) is 67.7 Å². The summed E-state index contributed by atoms with van der Waals surface area (Å²) in [5.74, 6) is -3.10. The van der Waals surface area contributed by atoms with Crippen molar-refractivity contribution in [3.05, 3.63) is 0 Å². The topological polar surface area (TPSA) is 171 Å². The molecule has 11 nitrogen and oxygen atoms in total. The second-order valence-electron chi connectivity index (χ2n) is 9.91. The number of nitrogens with one attached hydrogen (secondary N) is 3. The molecule has 0 aliphatic carbocycles. The van der Waals surface area contributed by atoms with Gasteiger partial charge in [0.2, 0.25) is 23.6 Å². The molecule has 0 rings (SSSR count). The van der Waals surface area contributed by atoms with E-state index in [9.17, 15) is 29.1 Å². The maximum Gasteiger partial charge on any atom is 0.326 e. The summed E-state index contributed by atoms with van der Waals surface area (Å²) in [4.78, 5) is 62.8. The maximum absolute atomic E-state index is 12.9. The van der Waals surface area contributed by atoms with Gasteiger partial charge in [0.25, 0.3) is 0 Å². The van der Waals surface area contributed by atoms with Crippen molar-refractivity contribution < 1.29 is 29.1 Å². The number of nitrogens with two attached hydrogens (primary N) is 1. The van der Waals surface area contributed by atoms with Crippen LogP contribution in [0.2, 0.25) is 0 Å². The number of aliphatic carboxylic acids is 1. The number of carbonyl (C=O) groups is 5. The van der Waals surface area contributed by atoms with Crippen molar-refractivity contribution in [1.82, 2.24) is 20.9 Å². The first-order valence-electron chi connectivity index (χ1n) is 12.3. The third-order valence-corrected chi connectivity index (χ3v) is 5.95. The van der Waals surface area contributed by atoms with Gasteiger partial charge >= 0.3 is 5.97 Å². The number of likely N-dealkylation sites (N-methyl/N-ethyl adjacent to an activating group) is 1. The van der Waals surface area contributed by atoms with Gasteiger partial charge in [-0.05, 0) is 31.1 Å². The molecule has 0 aromatic heterocycles. The standard InChI is InChI=1S/C24H45N5O6/c1-9-15(6)19(25)23(33)29(8)20(14(4)5)22(32)27-16(7)21(31)26-11-10-18(30)28-17(24(34)35)12-13(2)3/h13-17,19-20H,9-12,25H2,1-8H3,(H,26,31)(H,27,32)(H,28,30)(H,34,35)/t15-,16-,17+,19+,20-/m0/s1. The van der Waals surface area contributed by atoms with Crippen LogP contribution in [0.4, 0.5) is 0 Å². The SMILES string of the molecule is CC[C@H](C)[C@@H](N)C(=O)N(C)[C@H](C(=O)N[C@@H](C)C(=O)NCCC(=O)N[C@H](CC(C)C)C(=O)O)C(C)C. The zero-order valence-electron chi connectivity index (χ0n) is 22.4. The molecule has 6 N–H and O–H groups in total. The average Bonchev–Trinajstić information content (AvgIpc) is 2.75. The summed E-state index contributed by atoms with van der Waals surface area (Å²) >= 11 is 0. The molecule has 4 amide bonds. The number of amides is 4. The van der Waals surface area contributed by atoms with Gasteiger partial charge < -0.3 is 31.7 Å². The summed E-state index contributed by atoms with van der Waals surface area (Å²) in [5, 5.41) is 16.8. The lowest BCUT2D eigenvalue weighted by molar-refractivity contribution is -0.143. The van der Waals surface area contributed by atoms with E-state index >= 15 is 0 Å². The van der Waals surface area contributed by atoms with Crippen LogP contribution in [0.3, 0.4) is 0 Å². The van der Waals surface area contributed by atoms with Crippen LogP contribution in [-0.2, 0) is 24.0 Å². The normalized spacial score (nSPS) is 15.5. The van der Waals surface area contributed by atoms with Gasteiger partial charge in [-0.15, -0.1) is 0 Å². The average molecular weight is 500 g/mol. The van der Waals surface area contributed by atoms with Crippen LogP contribution >= 0.6 is 0 Å². The predicted octanol–water partition coefficient (Wildman–Crippen LogP) is 0.469. The molecule has 0 bridgehead atoms. The molecule has 0 heterocycles. The van der Waals surface area contributed by atoms with Gasteiger partial charge in [0.1, 0.15) is 18.1 Å². The zero-order valence-corrected chi connectivity index (χ0v) is 22.4. The lowest BCUT2D eigenvalue weighted by Crippen LogP contribution is -2.58. The number of rotatable bonds is 15. The van der Waals surface area contributed by atoms with Crippen molar-refractivity contribution in [2.75, 3.05) is 13.6 Å². The van der Waals surface area contributed by atoms with Crippen LogP contribution in [0.25, 0.3) is 0 Å². The highest BCUT2D eigenvalue weighted by atomic mass is 16.4. The van der Waals surface area contributed by atoms with E-state index in [0.717, 1.165) is 6.42 Å². The van der Waals surface area contributed by atoms with Gasteiger partial charge in [0.15, 0.2) is 0 Å². The van der Waals surface area contributed by atoms with Gasteiger partial charge in [-0.25, -0.2) is 4.79 Å². The molecule has 0 aliphatic rings. The first kappa shape index (κ1) is 32.3. The summed E-state index contributed by atoms with van der Waals surface area (Å²) in [6, 6.07) is -3.44. The number of carboxylic acid groups (broad SMARTS) is 1. The van der Waals surface area contributed by atoms with Gasteiger partial charge in [-0.2, -0.15) is 0 Å². The highest BCUT2D eigenvalue weighted by molar-refractivity contribution is 5.93. The van der Waals surface area contributed by atoms with E-state index in [0.29, 0.717) is 6.42 Å². The number of hydrogen-bond acceptors (Lipinski definition) is 6. The minimum Gasteiger partial charge on any atom is -0.480 e. The summed E-state index contributed by atoms with van der Waals surface area (Å²) in [6.07, 6.45) is 0.920. The number of nitrogens with zero attached hydrogens (tertiary/aromatic N) is 1. The minimum absolute atomic E-state index is 0.0192. The molecule has 5 atom stereocenters. The first-order chi connectivity index (χ1) is 16.1. The van der Waals surface area contributed by atoms with Crippen LogP contribution < -0.4 is 21.7 Å². The number of carbonyl (C=O) groups excluding carboxylic acids is 4. The molecule has 0 aromatic carbocycles. The molecule has 202 valence electrons. The van der Waals surface area contributed by atoms with E-state index in [-0.39, 0.29) is 36.6 Å². The van der Waals surface area contributed by atoms with E-state index in [4.69, 9.17) is 5.73 Å². The Morgan fingerprint density at radius 1 is 0.943 bits per heavy atom. The number of carboxylic acids is 1. The molecule has 0 aliphatic heterocycles. The summed E-state index contributed by atoms with van der Waals surface area (Å²) < 4.78 is 0. The van der Waals surface area contributed by atoms with Crippen LogP contribution in [0.5, 0.6) is 0 Å². The Morgan fingerprint density at radius 2 is 1.51 bits per heavy atom. The summed E-state index contributed by atoms with van der Waals surface area (Å²) in [5.41, 5.74) is 6.06. The zero-order chi connectivity index (χ0) is 27.5. The molecule has 0 spiro atoms. The fourth-order valence-electron chi connectivity index (χ4n) is 3.57. The van der Waals surface area contributed by atoms with Crippen molar-refractivity contribution in [2.45, 2.75) is 91.9 Å². The Labute approximate surface area is 208 Å². The molecular formula is C24H45N5O6. The largest absolute Gasteiger partial charge is 0.480 e. The Kier molecular flexibility index (Phi) is 14.2. The molecule has 0 fully saturated rings. The van der Waals surface area contributed by atoms with E-state index in [1.54, 1.807) is 13.8 Å². The molecular weight excluding hydrogens is 454 g/mol. The molecule has 35 heavy (non-hydrogen) atoms. The summed E-state index contributed by atoms with van der Waals surface area (Å²) in [7, 11) is 1.53. The Bertz CT molecular complexity index is 742. The monoisotopic (exact) mass is 499 g/mol. The van der Waals surface area contributed by atoms with Crippen molar-refractivity contribution in [3.63, 3.8) is 0 Å². The Balaban J connectivity index is 4.88. The quantitative estimate of drug-likeness (QED) is 0.218. The second kappa shape index (κ2) is 15.3. The Morgan fingerprint density at radius 3 is 1.97 bits per heavy atom. The third kappa shape index (κ3) is 11.1. The van der Waals surface area contributed by atoms with Gasteiger partial charge in [-0.3, -0.25) is 19.2 Å². The van der Waals surface area contributed by atoms with Crippen LogP contribution in [0, 0.1) is 17.8 Å². The molecule has 0 radical (unpaired) electrons. The van der Waals surface area contributed by atoms with Gasteiger partial charge in [0, 0.05) is 20.0 Å². The van der Waals surface area contributed by atoms with Crippen molar-refractivity contribution >= 4 is 29.6 Å². The summed E-state index contributed by atoms with van der Waals surface area (Å²) in [6.45, 7) is 12.6. The molecule has 0 unspecified atom stereocenters. The fourth-order valence-corrected chi connectivity index (χ4v) is 3.57. The highest BCUT2D eigenvalue weighted by Crippen LogP contribution is 2.15. The molecule has 11 heteroatoms. The van der Waals surface area contributed by atoms with Crippen molar-refractivity contribution in [1.29, 1.82) is 0 Å². The predicted molar refractivity (Wildman–Crippen MR) is 133 cm³/mol. The van der Waals surface area contributed by atoms with Crippen LogP contribution in [-0.4, -0.2) is 77.4 Å². The van der Waals surface area contributed by atoms with E-state index in [1.807, 2.05) is 27.7 Å². The molecule has 0 aromatic rings.